The predicted molar refractivity (Wildman–Crippen MR) is 119 cm³/mol. The Morgan fingerprint density at radius 3 is 2.53 bits per heavy atom. The summed E-state index contributed by atoms with van der Waals surface area (Å²) in [5.74, 6) is 2.12. The number of aromatic amines is 1. The Morgan fingerprint density at radius 1 is 1.20 bits per heavy atom. The molecule has 0 bridgehead atoms. The molecular weight excluding hydrogens is 400 g/mol. The van der Waals surface area contributed by atoms with Crippen molar-refractivity contribution in [2.75, 3.05) is 25.1 Å². The molecule has 9 heteroatoms. The minimum Gasteiger partial charge on any atom is -0.497 e. The SMILES string of the molecule is CCN(CC)c1ccc(CNC(=O)Cn2c(-c3ccc(OC)cc3)n[nH]c2=S)cn1. The third kappa shape index (κ3) is 5.04. The summed E-state index contributed by atoms with van der Waals surface area (Å²) in [7, 11) is 1.61. The molecule has 0 saturated heterocycles. The van der Waals surface area contributed by atoms with Crippen LogP contribution in [-0.2, 0) is 17.9 Å². The van der Waals surface area contributed by atoms with Crippen LogP contribution in [-0.4, -0.2) is 45.9 Å². The molecule has 0 saturated carbocycles. The Kier molecular flexibility index (Phi) is 7.18. The molecule has 1 amide bonds. The molecule has 2 heterocycles. The van der Waals surface area contributed by atoms with E-state index < -0.39 is 0 Å². The van der Waals surface area contributed by atoms with Crippen molar-refractivity contribution in [2.45, 2.75) is 26.9 Å². The van der Waals surface area contributed by atoms with Crippen LogP contribution in [0.5, 0.6) is 5.75 Å². The van der Waals surface area contributed by atoms with Crippen molar-refractivity contribution in [2.24, 2.45) is 0 Å². The number of aromatic nitrogens is 4. The average molecular weight is 427 g/mol. The number of nitrogens with one attached hydrogen (secondary N) is 2. The van der Waals surface area contributed by atoms with Gasteiger partial charge in [0.1, 0.15) is 18.1 Å². The molecule has 158 valence electrons. The van der Waals surface area contributed by atoms with Gasteiger partial charge in [0.25, 0.3) is 0 Å². The topological polar surface area (TPSA) is 88.1 Å². The van der Waals surface area contributed by atoms with E-state index in [9.17, 15) is 4.79 Å². The van der Waals surface area contributed by atoms with Gasteiger partial charge in [0.15, 0.2) is 10.6 Å². The minimum absolute atomic E-state index is 0.0711. The van der Waals surface area contributed by atoms with Gasteiger partial charge in [-0.15, -0.1) is 0 Å². The van der Waals surface area contributed by atoms with Gasteiger partial charge in [-0.1, -0.05) is 6.07 Å². The molecule has 0 atom stereocenters. The summed E-state index contributed by atoms with van der Waals surface area (Å²) in [5.41, 5.74) is 1.78. The molecule has 0 aliphatic heterocycles. The van der Waals surface area contributed by atoms with Gasteiger partial charge in [0.05, 0.1) is 7.11 Å². The summed E-state index contributed by atoms with van der Waals surface area (Å²) in [5, 5.41) is 9.94. The lowest BCUT2D eigenvalue weighted by atomic mass is 10.2. The van der Waals surface area contributed by atoms with Gasteiger partial charge >= 0.3 is 0 Å². The van der Waals surface area contributed by atoms with E-state index in [2.05, 4.69) is 39.2 Å². The van der Waals surface area contributed by atoms with Crippen LogP contribution in [0.1, 0.15) is 19.4 Å². The summed E-state index contributed by atoms with van der Waals surface area (Å²) in [4.78, 5) is 19.2. The first kappa shape index (κ1) is 21.5. The number of carbonyl (C=O) groups excluding carboxylic acids is 1. The Morgan fingerprint density at radius 2 is 1.93 bits per heavy atom. The van der Waals surface area contributed by atoms with E-state index in [0.29, 0.717) is 17.1 Å². The number of pyridine rings is 1. The molecule has 0 aliphatic rings. The zero-order chi connectivity index (χ0) is 21.5. The van der Waals surface area contributed by atoms with Gasteiger partial charge in [-0.25, -0.2) is 4.98 Å². The second-order valence-corrected chi connectivity index (χ2v) is 7.03. The van der Waals surface area contributed by atoms with Crippen LogP contribution >= 0.6 is 12.2 Å². The summed E-state index contributed by atoms with van der Waals surface area (Å²) in [6.07, 6.45) is 1.79. The third-order valence-corrected chi connectivity index (χ3v) is 5.11. The number of benzene rings is 1. The van der Waals surface area contributed by atoms with Crippen LogP contribution < -0.4 is 15.0 Å². The Hall–Kier alpha value is -3.20. The van der Waals surface area contributed by atoms with Crippen LogP contribution in [0, 0.1) is 4.77 Å². The summed E-state index contributed by atoms with van der Waals surface area (Å²) in [6, 6.07) is 11.4. The van der Waals surface area contributed by atoms with Crippen molar-refractivity contribution in [3.63, 3.8) is 0 Å². The largest absolute Gasteiger partial charge is 0.497 e. The number of hydrogen-bond acceptors (Lipinski definition) is 6. The maximum Gasteiger partial charge on any atom is 0.240 e. The highest BCUT2D eigenvalue weighted by Gasteiger charge is 2.13. The van der Waals surface area contributed by atoms with Crippen molar-refractivity contribution in [3.05, 3.63) is 52.9 Å². The van der Waals surface area contributed by atoms with Crippen molar-refractivity contribution >= 4 is 23.9 Å². The maximum absolute atomic E-state index is 12.5. The minimum atomic E-state index is -0.157. The van der Waals surface area contributed by atoms with E-state index in [4.69, 9.17) is 17.0 Å². The van der Waals surface area contributed by atoms with Gasteiger partial charge in [-0.3, -0.25) is 14.5 Å². The molecule has 0 unspecified atom stereocenters. The highest BCUT2D eigenvalue weighted by Crippen LogP contribution is 2.20. The summed E-state index contributed by atoms with van der Waals surface area (Å²) in [6.45, 7) is 6.47. The van der Waals surface area contributed by atoms with Gasteiger partial charge in [-0.2, -0.15) is 5.10 Å². The molecule has 1 aromatic carbocycles. The lowest BCUT2D eigenvalue weighted by molar-refractivity contribution is -0.121. The maximum atomic E-state index is 12.5. The van der Waals surface area contributed by atoms with Crippen molar-refractivity contribution in [3.8, 4) is 17.1 Å². The number of nitrogens with zero attached hydrogens (tertiary/aromatic N) is 4. The lowest BCUT2D eigenvalue weighted by Gasteiger charge is -2.19. The number of anilines is 1. The Bertz CT molecular complexity index is 1020. The zero-order valence-electron chi connectivity index (χ0n) is 17.4. The monoisotopic (exact) mass is 426 g/mol. The number of amides is 1. The van der Waals surface area contributed by atoms with E-state index in [1.807, 2.05) is 36.4 Å². The first-order valence-electron chi connectivity index (χ1n) is 9.81. The van der Waals surface area contributed by atoms with E-state index >= 15 is 0 Å². The molecule has 0 radical (unpaired) electrons. The molecule has 3 aromatic rings. The van der Waals surface area contributed by atoms with E-state index in [1.54, 1.807) is 17.9 Å². The van der Waals surface area contributed by atoms with E-state index in [-0.39, 0.29) is 12.5 Å². The number of methoxy groups -OCH3 is 1. The third-order valence-electron chi connectivity index (χ3n) is 4.79. The summed E-state index contributed by atoms with van der Waals surface area (Å²) >= 11 is 5.30. The summed E-state index contributed by atoms with van der Waals surface area (Å²) < 4.78 is 7.25. The fraction of sp³-hybridized carbons (Fsp3) is 0.333. The van der Waals surface area contributed by atoms with E-state index in [1.165, 1.54) is 0 Å². The van der Waals surface area contributed by atoms with Crippen LogP contribution in [0.4, 0.5) is 5.82 Å². The smallest absolute Gasteiger partial charge is 0.240 e. The van der Waals surface area contributed by atoms with Crippen LogP contribution in [0.3, 0.4) is 0 Å². The Labute approximate surface area is 180 Å². The lowest BCUT2D eigenvalue weighted by Crippen LogP contribution is -2.27. The molecule has 2 N–H and O–H groups in total. The van der Waals surface area contributed by atoms with Crippen molar-refractivity contribution < 1.29 is 9.53 Å². The number of H-pyrrole nitrogens is 1. The second kappa shape index (κ2) is 10.0. The number of ether oxygens (including phenoxy) is 1. The zero-order valence-corrected chi connectivity index (χ0v) is 18.2. The number of rotatable bonds is 9. The van der Waals surface area contributed by atoms with Crippen LogP contribution in [0.2, 0.25) is 0 Å². The second-order valence-electron chi connectivity index (χ2n) is 6.64. The van der Waals surface area contributed by atoms with Crippen LogP contribution in [0.25, 0.3) is 11.4 Å². The fourth-order valence-corrected chi connectivity index (χ4v) is 3.28. The first-order valence-corrected chi connectivity index (χ1v) is 10.2. The Balaban J connectivity index is 1.64. The molecular formula is C21H26N6O2S. The highest BCUT2D eigenvalue weighted by molar-refractivity contribution is 7.71. The number of hydrogen-bond donors (Lipinski definition) is 2. The molecule has 3 rings (SSSR count). The molecule has 8 nitrogen and oxygen atoms in total. The molecule has 0 fully saturated rings. The van der Waals surface area contributed by atoms with Gasteiger partial charge in [0, 0.05) is 31.4 Å². The normalized spacial score (nSPS) is 10.6. The molecule has 2 aromatic heterocycles. The molecule has 0 spiro atoms. The molecule has 0 aliphatic carbocycles. The van der Waals surface area contributed by atoms with Crippen molar-refractivity contribution in [1.82, 2.24) is 25.1 Å². The van der Waals surface area contributed by atoms with Crippen LogP contribution in [0.15, 0.2) is 42.6 Å². The van der Waals surface area contributed by atoms with E-state index in [0.717, 1.165) is 35.8 Å². The average Bonchev–Trinajstić information content (AvgIpc) is 3.14. The van der Waals surface area contributed by atoms with Gasteiger partial charge in [-0.05, 0) is 62.0 Å². The quantitative estimate of drug-likeness (QED) is 0.511. The van der Waals surface area contributed by atoms with Gasteiger partial charge in [0.2, 0.25) is 5.91 Å². The van der Waals surface area contributed by atoms with Gasteiger partial charge < -0.3 is 15.0 Å². The van der Waals surface area contributed by atoms with Crippen molar-refractivity contribution in [1.29, 1.82) is 0 Å². The number of carbonyl (C=O) groups is 1. The predicted octanol–water partition coefficient (Wildman–Crippen LogP) is 3.17. The highest BCUT2D eigenvalue weighted by atomic mass is 32.1. The first-order chi connectivity index (χ1) is 14.5. The fourth-order valence-electron chi connectivity index (χ4n) is 3.08. The standard InChI is InChI=1S/C21H26N6O2S/c1-4-26(5-2)18-11-6-15(12-22-18)13-23-19(28)14-27-20(24-25-21(27)30)16-7-9-17(29-3)10-8-16/h6-12H,4-5,13-14H2,1-3H3,(H,23,28)(H,25,30). The molecule has 30 heavy (non-hydrogen) atoms.